The molecule has 1 unspecified atom stereocenters. The number of carbonyl (C=O) groups excluding carboxylic acids is 1. The summed E-state index contributed by atoms with van der Waals surface area (Å²) in [4.78, 5) is 14.8. The van der Waals surface area contributed by atoms with E-state index in [1.54, 1.807) is 7.11 Å². The molecule has 102 valence electrons. The van der Waals surface area contributed by atoms with Gasteiger partial charge in [0.05, 0.1) is 6.61 Å². The molecule has 0 aliphatic heterocycles. The van der Waals surface area contributed by atoms with Crippen molar-refractivity contribution in [1.29, 1.82) is 0 Å². The maximum absolute atomic E-state index is 11.8. The van der Waals surface area contributed by atoms with Gasteiger partial charge in [0.2, 0.25) is 5.91 Å². The van der Waals surface area contributed by atoms with Crippen molar-refractivity contribution >= 4 is 17.2 Å². The Labute approximate surface area is 112 Å². The zero-order valence-electron chi connectivity index (χ0n) is 10.9. The van der Waals surface area contributed by atoms with Crippen molar-refractivity contribution in [2.75, 3.05) is 40.4 Å². The van der Waals surface area contributed by atoms with Crippen LogP contribution in [0.2, 0.25) is 0 Å². The molecule has 1 heterocycles. The molecule has 0 aliphatic carbocycles. The molecular formula is C12H21N3O2S. The van der Waals surface area contributed by atoms with Gasteiger partial charge in [0.25, 0.3) is 0 Å². The first-order valence-corrected chi connectivity index (χ1v) is 6.77. The van der Waals surface area contributed by atoms with E-state index in [0.29, 0.717) is 13.2 Å². The Morgan fingerprint density at radius 2 is 2.39 bits per heavy atom. The van der Waals surface area contributed by atoms with Crippen LogP contribution in [0.1, 0.15) is 10.9 Å². The number of rotatable bonds is 8. The lowest BCUT2D eigenvalue weighted by Crippen LogP contribution is -2.38. The summed E-state index contributed by atoms with van der Waals surface area (Å²) in [6.07, 6.45) is 0. The second-order valence-corrected chi connectivity index (χ2v) is 5.06. The third-order valence-electron chi connectivity index (χ3n) is 2.60. The highest BCUT2D eigenvalue weighted by molar-refractivity contribution is 7.10. The van der Waals surface area contributed by atoms with Gasteiger partial charge in [-0.1, -0.05) is 6.07 Å². The smallest absolute Gasteiger partial charge is 0.242 e. The molecule has 1 rings (SSSR count). The highest BCUT2D eigenvalue weighted by atomic mass is 32.1. The maximum Gasteiger partial charge on any atom is 0.242 e. The summed E-state index contributed by atoms with van der Waals surface area (Å²) in [5.74, 6) is -0.127. The van der Waals surface area contributed by atoms with Crippen molar-refractivity contribution in [2.45, 2.75) is 6.04 Å². The molecule has 0 saturated heterocycles. The largest absolute Gasteiger partial charge is 0.383 e. The average molecular weight is 271 g/mol. The number of nitrogens with one attached hydrogen (secondary N) is 1. The van der Waals surface area contributed by atoms with E-state index in [1.165, 1.54) is 11.3 Å². The summed E-state index contributed by atoms with van der Waals surface area (Å²) in [6.45, 7) is 2.92. The lowest BCUT2D eigenvalue weighted by Gasteiger charge is -2.17. The Balaban J connectivity index is 2.21. The quantitative estimate of drug-likeness (QED) is 0.720. The van der Waals surface area contributed by atoms with Crippen molar-refractivity contribution in [3.05, 3.63) is 22.4 Å². The van der Waals surface area contributed by atoms with E-state index in [-0.39, 0.29) is 5.91 Å². The molecule has 1 amide bonds. The highest BCUT2D eigenvalue weighted by Gasteiger charge is 2.15. The molecule has 5 nitrogen and oxygen atoms in total. The van der Waals surface area contributed by atoms with Crippen LogP contribution >= 0.6 is 11.3 Å². The van der Waals surface area contributed by atoms with Crippen LogP contribution in [-0.4, -0.2) is 51.2 Å². The third-order valence-corrected chi connectivity index (χ3v) is 3.56. The van der Waals surface area contributed by atoms with Gasteiger partial charge in [-0.05, 0) is 18.5 Å². The van der Waals surface area contributed by atoms with E-state index in [2.05, 4.69) is 10.2 Å². The number of amides is 1. The van der Waals surface area contributed by atoms with Gasteiger partial charge in [-0.25, -0.2) is 0 Å². The Hall–Kier alpha value is -0.950. The van der Waals surface area contributed by atoms with E-state index < -0.39 is 6.04 Å². The normalized spacial score (nSPS) is 12.7. The zero-order chi connectivity index (χ0) is 13.4. The van der Waals surface area contributed by atoms with Gasteiger partial charge >= 0.3 is 0 Å². The number of carbonyl (C=O) groups is 1. The zero-order valence-corrected chi connectivity index (χ0v) is 11.7. The molecule has 18 heavy (non-hydrogen) atoms. The molecule has 1 atom stereocenters. The second kappa shape index (κ2) is 8.20. The number of nitrogens with zero attached hydrogens (tertiary/aromatic N) is 1. The molecular weight excluding hydrogens is 250 g/mol. The summed E-state index contributed by atoms with van der Waals surface area (Å²) >= 11 is 1.50. The van der Waals surface area contributed by atoms with Crippen molar-refractivity contribution in [2.24, 2.45) is 5.73 Å². The molecule has 6 heteroatoms. The first kappa shape index (κ1) is 15.1. The molecule has 0 saturated carbocycles. The first-order chi connectivity index (χ1) is 8.65. The molecule has 1 aromatic rings. The summed E-state index contributed by atoms with van der Waals surface area (Å²) in [6, 6.07) is 3.21. The highest BCUT2D eigenvalue weighted by Crippen LogP contribution is 2.16. The van der Waals surface area contributed by atoms with Crippen LogP contribution in [0.4, 0.5) is 0 Å². The predicted molar refractivity (Wildman–Crippen MR) is 73.6 cm³/mol. The summed E-state index contributed by atoms with van der Waals surface area (Å²) in [5.41, 5.74) is 5.84. The third kappa shape index (κ3) is 5.14. The van der Waals surface area contributed by atoms with Crippen LogP contribution < -0.4 is 11.1 Å². The van der Waals surface area contributed by atoms with Gasteiger partial charge in [0.1, 0.15) is 6.04 Å². The fraction of sp³-hybridized carbons (Fsp3) is 0.583. The fourth-order valence-electron chi connectivity index (χ4n) is 1.44. The standard InChI is InChI=1S/C12H21N3O2S/c1-15(7-8-17-2)6-5-14-12(16)11(13)10-4-3-9-18-10/h3-4,9,11H,5-8,13H2,1-2H3,(H,14,16). The minimum atomic E-state index is -0.561. The molecule has 1 aromatic heterocycles. The molecule has 0 fully saturated rings. The number of thiophene rings is 1. The number of hydrogen-bond donors (Lipinski definition) is 2. The number of nitrogens with two attached hydrogens (primary N) is 1. The minimum absolute atomic E-state index is 0.127. The predicted octanol–water partition coefficient (Wildman–Crippen LogP) is 0.442. The van der Waals surface area contributed by atoms with Crippen LogP contribution in [0.5, 0.6) is 0 Å². The number of hydrogen-bond acceptors (Lipinski definition) is 5. The number of ether oxygens (including phenoxy) is 1. The van der Waals surface area contributed by atoms with Crippen LogP contribution in [0, 0.1) is 0 Å². The molecule has 0 aliphatic rings. The van der Waals surface area contributed by atoms with Gasteiger partial charge in [0, 0.05) is 31.6 Å². The molecule has 0 aromatic carbocycles. The van der Waals surface area contributed by atoms with Gasteiger partial charge < -0.3 is 20.7 Å². The molecule has 0 radical (unpaired) electrons. The summed E-state index contributed by atoms with van der Waals surface area (Å²) in [5, 5.41) is 4.76. The van der Waals surface area contributed by atoms with Crippen molar-refractivity contribution in [3.8, 4) is 0 Å². The SMILES string of the molecule is COCCN(C)CCNC(=O)C(N)c1cccs1. The summed E-state index contributed by atoms with van der Waals surface area (Å²) < 4.78 is 4.98. The molecule has 0 bridgehead atoms. The maximum atomic E-state index is 11.8. The lowest BCUT2D eigenvalue weighted by molar-refractivity contribution is -0.122. The monoisotopic (exact) mass is 271 g/mol. The van der Waals surface area contributed by atoms with Crippen LogP contribution in [0.15, 0.2) is 17.5 Å². The van der Waals surface area contributed by atoms with E-state index in [0.717, 1.165) is 18.0 Å². The van der Waals surface area contributed by atoms with Gasteiger partial charge in [-0.3, -0.25) is 4.79 Å². The van der Waals surface area contributed by atoms with Crippen molar-refractivity contribution in [3.63, 3.8) is 0 Å². The van der Waals surface area contributed by atoms with E-state index in [1.807, 2.05) is 24.6 Å². The molecule has 0 spiro atoms. The minimum Gasteiger partial charge on any atom is -0.383 e. The van der Waals surface area contributed by atoms with Crippen LogP contribution in [0.3, 0.4) is 0 Å². The lowest BCUT2D eigenvalue weighted by atomic mass is 10.2. The van der Waals surface area contributed by atoms with Gasteiger partial charge in [0.15, 0.2) is 0 Å². The topological polar surface area (TPSA) is 67.6 Å². The van der Waals surface area contributed by atoms with E-state index >= 15 is 0 Å². The fourth-order valence-corrected chi connectivity index (χ4v) is 2.16. The average Bonchev–Trinajstić information content (AvgIpc) is 2.89. The Morgan fingerprint density at radius 1 is 1.61 bits per heavy atom. The summed E-state index contributed by atoms with van der Waals surface area (Å²) in [7, 11) is 3.67. The number of likely N-dealkylation sites (N-methyl/N-ethyl adjacent to an activating group) is 1. The van der Waals surface area contributed by atoms with Gasteiger partial charge in [-0.2, -0.15) is 0 Å². The number of methoxy groups -OCH3 is 1. The Kier molecular flexibility index (Phi) is 6.89. The van der Waals surface area contributed by atoms with Crippen LogP contribution in [0.25, 0.3) is 0 Å². The molecule has 3 N–H and O–H groups in total. The van der Waals surface area contributed by atoms with E-state index in [9.17, 15) is 4.79 Å². The van der Waals surface area contributed by atoms with Gasteiger partial charge in [-0.15, -0.1) is 11.3 Å². The van der Waals surface area contributed by atoms with Crippen LogP contribution in [-0.2, 0) is 9.53 Å². The Bertz CT molecular complexity index is 343. The van der Waals surface area contributed by atoms with Crippen molar-refractivity contribution < 1.29 is 9.53 Å². The van der Waals surface area contributed by atoms with E-state index in [4.69, 9.17) is 10.5 Å². The Morgan fingerprint density at radius 3 is 3.00 bits per heavy atom. The van der Waals surface area contributed by atoms with Crippen molar-refractivity contribution in [1.82, 2.24) is 10.2 Å². The second-order valence-electron chi connectivity index (χ2n) is 4.08. The first-order valence-electron chi connectivity index (χ1n) is 5.89.